The lowest BCUT2D eigenvalue weighted by molar-refractivity contribution is 0.0713. The number of hydrogen-bond acceptors (Lipinski definition) is 4. The zero-order chi connectivity index (χ0) is 22.5. The average Bonchev–Trinajstić information content (AvgIpc) is 3.47. The second-order valence-electron chi connectivity index (χ2n) is 8.37. The highest BCUT2D eigenvalue weighted by Gasteiger charge is 2.32. The van der Waals surface area contributed by atoms with E-state index in [-0.39, 0.29) is 32.5 Å². The van der Waals surface area contributed by atoms with Crippen LogP contribution in [-0.4, -0.2) is 48.3 Å². The average molecular weight is 493 g/mol. The van der Waals surface area contributed by atoms with Gasteiger partial charge in [0.2, 0.25) is 10.0 Å². The SMILES string of the molecule is O=C(c1cc(S(=O)(=O)NC2CC2)c(Cl)cc1Cl)N1CCC(c2c[nH]c3ncccc23)CC1. The van der Waals surface area contributed by atoms with Crippen LogP contribution in [0.25, 0.3) is 11.0 Å². The number of aromatic amines is 1. The first-order valence-corrected chi connectivity index (χ1v) is 12.8. The van der Waals surface area contributed by atoms with E-state index >= 15 is 0 Å². The van der Waals surface area contributed by atoms with E-state index in [0.29, 0.717) is 19.0 Å². The Morgan fingerprint density at radius 1 is 1.12 bits per heavy atom. The highest BCUT2D eigenvalue weighted by molar-refractivity contribution is 7.89. The van der Waals surface area contributed by atoms with Gasteiger partial charge in [-0.1, -0.05) is 23.2 Å². The number of nitrogens with zero attached hydrogens (tertiary/aromatic N) is 2. The molecular weight excluding hydrogens is 471 g/mol. The third-order valence-electron chi connectivity index (χ3n) is 6.15. The molecule has 2 fully saturated rings. The molecule has 7 nitrogen and oxygen atoms in total. The van der Waals surface area contributed by atoms with Gasteiger partial charge in [-0.3, -0.25) is 4.79 Å². The monoisotopic (exact) mass is 492 g/mol. The maximum absolute atomic E-state index is 13.2. The molecule has 0 spiro atoms. The number of hydrogen-bond donors (Lipinski definition) is 2. The van der Waals surface area contributed by atoms with Crippen LogP contribution < -0.4 is 4.72 Å². The molecule has 2 aliphatic rings. The Labute approximate surface area is 196 Å². The molecule has 1 saturated carbocycles. The van der Waals surface area contributed by atoms with Crippen molar-refractivity contribution in [3.63, 3.8) is 0 Å². The van der Waals surface area contributed by atoms with Crippen LogP contribution >= 0.6 is 23.2 Å². The van der Waals surface area contributed by atoms with Crippen molar-refractivity contribution in [3.8, 4) is 0 Å². The molecule has 1 amide bonds. The van der Waals surface area contributed by atoms with Crippen molar-refractivity contribution in [2.24, 2.45) is 0 Å². The first-order chi connectivity index (χ1) is 15.3. The van der Waals surface area contributed by atoms with E-state index in [0.717, 1.165) is 36.7 Å². The molecule has 0 atom stereocenters. The number of carbonyl (C=O) groups excluding carboxylic acids is 1. The summed E-state index contributed by atoms with van der Waals surface area (Å²) in [6.45, 7) is 1.11. The summed E-state index contributed by atoms with van der Waals surface area (Å²) in [5, 5.41) is 1.26. The molecule has 32 heavy (non-hydrogen) atoms. The number of piperidine rings is 1. The molecule has 2 aromatic heterocycles. The molecule has 168 valence electrons. The van der Waals surface area contributed by atoms with E-state index in [9.17, 15) is 13.2 Å². The quantitative estimate of drug-likeness (QED) is 0.553. The summed E-state index contributed by atoms with van der Waals surface area (Å²) in [6, 6.07) is 6.55. The molecule has 3 aromatic rings. The number of pyridine rings is 1. The van der Waals surface area contributed by atoms with Gasteiger partial charge in [-0.15, -0.1) is 0 Å². The van der Waals surface area contributed by atoms with Crippen LogP contribution in [0.2, 0.25) is 10.0 Å². The van der Waals surface area contributed by atoms with E-state index in [1.165, 1.54) is 17.7 Å². The van der Waals surface area contributed by atoms with Gasteiger partial charge in [-0.25, -0.2) is 18.1 Å². The number of fused-ring (bicyclic) bond motifs is 1. The molecule has 1 aliphatic heterocycles. The van der Waals surface area contributed by atoms with E-state index in [1.54, 1.807) is 11.1 Å². The predicted molar refractivity (Wildman–Crippen MR) is 124 cm³/mol. The Balaban J connectivity index is 1.34. The summed E-state index contributed by atoms with van der Waals surface area (Å²) in [4.78, 5) is 22.4. The Bertz CT molecular complexity index is 1300. The largest absolute Gasteiger partial charge is 0.346 e. The van der Waals surface area contributed by atoms with Gasteiger partial charge in [0.05, 0.1) is 15.6 Å². The van der Waals surface area contributed by atoms with Crippen LogP contribution in [-0.2, 0) is 10.0 Å². The van der Waals surface area contributed by atoms with Gasteiger partial charge in [0, 0.05) is 36.9 Å². The smallest absolute Gasteiger partial charge is 0.255 e. The third kappa shape index (κ3) is 4.12. The van der Waals surface area contributed by atoms with Crippen molar-refractivity contribution in [1.29, 1.82) is 0 Å². The van der Waals surface area contributed by atoms with E-state index in [4.69, 9.17) is 23.2 Å². The fourth-order valence-corrected chi connectivity index (χ4v) is 6.42. The first kappa shape index (κ1) is 21.7. The first-order valence-electron chi connectivity index (χ1n) is 10.6. The molecule has 0 bridgehead atoms. The normalized spacial score (nSPS) is 17.8. The van der Waals surface area contributed by atoms with Crippen LogP contribution in [0.3, 0.4) is 0 Å². The Morgan fingerprint density at radius 3 is 2.59 bits per heavy atom. The lowest BCUT2D eigenvalue weighted by Crippen LogP contribution is -2.38. The molecule has 0 unspecified atom stereocenters. The maximum Gasteiger partial charge on any atom is 0.255 e. The molecule has 10 heteroatoms. The number of likely N-dealkylation sites (tertiary alicyclic amines) is 1. The number of amides is 1. The number of carbonyl (C=O) groups is 1. The van der Waals surface area contributed by atoms with E-state index in [1.807, 2.05) is 12.3 Å². The van der Waals surface area contributed by atoms with Gasteiger partial charge in [0.1, 0.15) is 10.5 Å². The summed E-state index contributed by atoms with van der Waals surface area (Å²) in [5.41, 5.74) is 2.23. The minimum Gasteiger partial charge on any atom is -0.346 e. The highest BCUT2D eigenvalue weighted by atomic mass is 35.5. The van der Waals surface area contributed by atoms with Crippen molar-refractivity contribution >= 4 is 50.2 Å². The summed E-state index contributed by atoms with van der Waals surface area (Å²) in [6.07, 6.45) is 6.96. The fraction of sp³-hybridized carbons (Fsp3) is 0.364. The van der Waals surface area contributed by atoms with Crippen LogP contribution in [0.15, 0.2) is 41.6 Å². The number of rotatable bonds is 5. The summed E-state index contributed by atoms with van der Waals surface area (Å²) in [5.74, 6) is 0.0324. The van der Waals surface area contributed by atoms with Gasteiger partial charge in [0.25, 0.3) is 5.91 Å². The molecule has 2 N–H and O–H groups in total. The summed E-state index contributed by atoms with van der Waals surface area (Å²) >= 11 is 12.5. The lowest BCUT2D eigenvalue weighted by Gasteiger charge is -2.32. The van der Waals surface area contributed by atoms with Gasteiger partial charge in [-0.05, 0) is 61.4 Å². The van der Waals surface area contributed by atoms with E-state index < -0.39 is 10.0 Å². The third-order valence-corrected chi connectivity index (χ3v) is 8.44. The van der Waals surface area contributed by atoms with Crippen LogP contribution in [0.5, 0.6) is 0 Å². The number of H-pyrrole nitrogens is 1. The molecule has 0 radical (unpaired) electrons. The second-order valence-corrected chi connectivity index (χ2v) is 10.9. The van der Waals surface area contributed by atoms with Crippen molar-refractivity contribution in [1.82, 2.24) is 19.6 Å². The molecule has 5 rings (SSSR count). The standard InChI is InChI=1S/C22H22Cl2N4O3S/c23-18-11-19(24)20(32(30,31)27-14-3-4-14)10-16(18)22(29)28-8-5-13(6-9-28)17-12-26-21-15(17)2-1-7-25-21/h1-2,7,10-14,27H,3-6,8-9H2,(H,25,26). The van der Waals surface area contributed by atoms with Crippen LogP contribution in [0.4, 0.5) is 0 Å². The Kier molecular flexibility index (Phi) is 5.65. The van der Waals surface area contributed by atoms with Crippen molar-refractivity contribution in [2.75, 3.05) is 13.1 Å². The zero-order valence-electron chi connectivity index (χ0n) is 17.1. The zero-order valence-corrected chi connectivity index (χ0v) is 19.5. The number of sulfonamides is 1. The van der Waals surface area contributed by atoms with Crippen molar-refractivity contribution < 1.29 is 13.2 Å². The molecule has 1 aliphatic carbocycles. The molecule has 3 heterocycles. The fourth-order valence-electron chi connectivity index (χ4n) is 4.26. The van der Waals surface area contributed by atoms with Gasteiger partial charge in [0.15, 0.2) is 0 Å². The summed E-state index contributed by atoms with van der Waals surface area (Å²) in [7, 11) is -3.81. The number of nitrogens with one attached hydrogen (secondary N) is 2. The van der Waals surface area contributed by atoms with Gasteiger partial charge in [-0.2, -0.15) is 0 Å². The number of halogens is 2. The maximum atomic E-state index is 13.2. The molecule has 1 saturated heterocycles. The number of aromatic nitrogens is 2. The molecule has 1 aromatic carbocycles. The molecular formula is C22H22Cl2N4O3S. The van der Waals surface area contributed by atoms with Gasteiger partial charge >= 0.3 is 0 Å². The summed E-state index contributed by atoms with van der Waals surface area (Å²) < 4.78 is 28.0. The Morgan fingerprint density at radius 2 is 1.88 bits per heavy atom. The van der Waals surface area contributed by atoms with E-state index in [2.05, 4.69) is 20.8 Å². The van der Waals surface area contributed by atoms with Crippen molar-refractivity contribution in [2.45, 2.75) is 42.5 Å². The minimum atomic E-state index is -3.81. The van der Waals surface area contributed by atoms with Crippen molar-refractivity contribution in [3.05, 3.63) is 57.8 Å². The minimum absolute atomic E-state index is 0.00588. The lowest BCUT2D eigenvalue weighted by atomic mass is 9.89. The predicted octanol–water partition coefficient (Wildman–Crippen LogP) is 4.33. The topological polar surface area (TPSA) is 95.2 Å². The van der Waals surface area contributed by atoms with Crippen LogP contribution in [0, 0.1) is 0 Å². The second kappa shape index (κ2) is 8.33. The van der Waals surface area contributed by atoms with Crippen LogP contribution in [0.1, 0.15) is 47.5 Å². The number of benzene rings is 1. The van der Waals surface area contributed by atoms with Gasteiger partial charge < -0.3 is 9.88 Å². The highest BCUT2D eigenvalue weighted by Crippen LogP contribution is 2.35. The Hall–Kier alpha value is -2.13.